The van der Waals surface area contributed by atoms with Crippen LogP contribution in [-0.4, -0.2) is 16.6 Å². The predicted molar refractivity (Wildman–Crippen MR) is 81.9 cm³/mol. The largest absolute Gasteiger partial charge is 0.444 e. The molecule has 1 aliphatic rings. The molecular weight excluding hydrogens is 268 g/mol. The van der Waals surface area contributed by atoms with Crippen molar-refractivity contribution in [2.45, 2.75) is 39.5 Å². The molecule has 1 aromatic rings. The van der Waals surface area contributed by atoms with Crippen LogP contribution in [0.1, 0.15) is 31.9 Å². The Hall–Kier alpha value is -2.21. The highest BCUT2D eigenvalue weighted by Crippen LogP contribution is 2.31. The zero-order valence-corrected chi connectivity index (χ0v) is 12.7. The Kier molecular flexibility index (Phi) is 4.09. The Labute approximate surface area is 124 Å². The first-order valence-corrected chi connectivity index (χ1v) is 6.83. The zero-order chi connectivity index (χ0) is 15.6. The summed E-state index contributed by atoms with van der Waals surface area (Å²) in [4.78, 5) is 13.8. The van der Waals surface area contributed by atoms with Crippen molar-refractivity contribution in [3.05, 3.63) is 41.7 Å². The molecule has 1 aromatic carbocycles. The molecule has 1 aliphatic heterocycles. The van der Waals surface area contributed by atoms with Gasteiger partial charge in [-0.25, -0.2) is 10.6 Å². The fraction of sp³-hybridized carbons (Fsp3) is 0.400. The van der Waals surface area contributed by atoms with Crippen molar-refractivity contribution in [1.82, 2.24) is 4.90 Å². The third-order valence-electron chi connectivity index (χ3n) is 3.14. The van der Waals surface area contributed by atoms with Crippen LogP contribution in [0.15, 0.2) is 30.6 Å². The van der Waals surface area contributed by atoms with Gasteiger partial charge < -0.3 is 10.5 Å². The van der Waals surface area contributed by atoms with Crippen LogP contribution in [-0.2, 0) is 17.8 Å². The molecule has 0 unspecified atom stereocenters. The first kappa shape index (κ1) is 15.2. The van der Waals surface area contributed by atoms with Crippen LogP contribution in [0.25, 0.3) is 0 Å². The highest BCUT2D eigenvalue weighted by Gasteiger charge is 2.29. The lowest BCUT2D eigenvalue weighted by atomic mass is 10.1. The second-order valence-electron chi connectivity index (χ2n) is 6.00. The van der Waals surface area contributed by atoms with Crippen molar-refractivity contribution in [2.75, 3.05) is 5.01 Å². The van der Waals surface area contributed by atoms with E-state index in [1.807, 2.05) is 39.0 Å². The van der Waals surface area contributed by atoms with Gasteiger partial charge in [0.05, 0.1) is 12.2 Å². The smallest absolute Gasteiger partial charge is 0.410 e. The lowest BCUT2D eigenvalue weighted by Crippen LogP contribution is -2.33. The highest BCUT2D eigenvalue weighted by atomic mass is 16.6. The van der Waals surface area contributed by atoms with E-state index >= 15 is 0 Å². The fourth-order valence-corrected chi connectivity index (χ4v) is 2.27. The minimum Gasteiger partial charge on any atom is -0.444 e. The molecule has 21 heavy (non-hydrogen) atoms. The Morgan fingerprint density at radius 1 is 1.38 bits per heavy atom. The Bertz CT molecular complexity index is 563. The first-order chi connectivity index (χ1) is 9.81. The van der Waals surface area contributed by atoms with Crippen LogP contribution < -0.4 is 16.6 Å². The Morgan fingerprint density at radius 2 is 2.10 bits per heavy atom. The van der Waals surface area contributed by atoms with Crippen LogP contribution in [0, 0.1) is 0 Å². The number of hydrogen-bond acceptors (Lipinski definition) is 5. The molecule has 1 amide bonds. The summed E-state index contributed by atoms with van der Waals surface area (Å²) in [6.45, 7) is 6.57. The summed E-state index contributed by atoms with van der Waals surface area (Å²) in [5.74, 6) is 5.93. The number of nitrogens with zero attached hydrogens (tertiary/aromatic N) is 2. The third kappa shape index (κ3) is 3.46. The van der Waals surface area contributed by atoms with Crippen molar-refractivity contribution in [3.63, 3.8) is 0 Å². The van der Waals surface area contributed by atoms with E-state index < -0.39 is 5.60 Å². The van der Waals surface area contributed by atoms with E-state index in [1.54, 1.807) is 11.1 Å². The van der Waals surface area contributed by atoms with Crippen LogP contribution in [0.5, 0.6) is 0 Å². The molecule has 0 radical (unpaired) electrons. The summed E-state index contributed by atoms with van der Waals surface area (Å²) in [7, 11) is 0. The molecule has 0 atom stereocenters. The SMILES string of the molecule is CC(C)(C)OC(=O)N1Cc2cccc(N(N)/C=C\N)c2C1. The Balaban J connectivity index is 2.19. The summed E-state index contributed by atoms with van der Waals surface area (Å²) in [6, 6.07) is 5.80. The maximum Gasteiger partial charge on any atom is 0.410 e. The number of hydrazine groups is 1. The standard InChI is InChI=1S/C15H22N4O2/c1-15(2,3)21-14(20)18-9-11-5-4-6-13(12(11)10-18)19(17)8-7-16/h4-8H,9-10,16-17H2,1-3H3/b8-7-. The maximum atomic E-state index is 12.2. The zero-order valence-electron chi connectivity index (χ0n) is 12.7. The van der Waals surface area contributed by atoms with Gasteiger partial charge in [0.15, 0.2) is 0 Å². The second kappa shape index (κ2) is 5.65. The average molecular weight is 290 g/mol. The van der Waals surface area contributed by atoms with Crippen LogP contribution in [0.2, 0.25) is 0 Å². The Morgan fingerprint density at radius 3 is 2.71 bits per heavy atom. The number of hydrogen-bond donors (Lipinski definition) is 2. The number of carbonyl (C=O) groups excluding carboxylic acids is 1. The topological polar surface area (TPSA) is 84.8 Å². The summed E-state index contributed by atoms with van der Waals surface area (Å²) in [6.07, 6.45) is 2.63. The molecule has 6 nitrogen and oxygen atoms in total. The molecule has 2 rings (SSSR count). The average Bonchev–Trinajstić information content (AvgIpc) is 2.80. The van der Waals surface area contributed by atoms with Gasteiger partial charge in [-0.15, -0.1) is 0 Å². The molecule has 0 spiro atoms. The number of benzene rings is 1. The van der Waals surface area contributed by atoms with Crippen LogP contribution >= 0.6 is 0 Å². The number of carbonyl (C=O) groups is 1. The molecule has 114 valence electrons. The minimum absolute atomic E-state index is 0.317. The molecule has 6 heteroatoms. The quantitative estimate of drug-likeness (QED) is 0.643. The highest BCUT2D eigenvalue weighted by molar-refractivity contribution is 5.71. The van der Waals surface area contributed by atoms with Crippen LogP contribution in [0.4, 0.5) is 10.5 Å². The van der Waals surface area contributed by atoms with E-state index in [4.69, 9.17) is 16.3 Å². The van der Waals surface area contributed by atoms with Crippen molar-refractivity contribution in [3.8, 4) is 0 Å². The molecule has 0 aromatic heterocycles. The van der Waals surface area contributed by atoms with Gasteiger partial charge in [-0.2, -0.15) is 0 Å². The van der Waals surface area contributed by atoms with Crippen molar-refractivity contribution in [2.24, 2.45) is 11.6 Å². The first-order valence-electron chi connectivity index (χ1n) is 6.83. The van der Waals surface area contributed by atoms with Gasteiger partial charge in [-0.1, -0.05) is 12.1 Å². The lowest BCUT2D eigenvalue weighted by molar-refractivity contribution is 0.0242. The molecule has 0 bridgehead atoms. The molecule has 0 saturated heterocycles. The summed E-state index contributed by atoms with van der Waals surface area (Å²) in [5.41, 5.74) is 7.79. The van der Waals surface area contributed by atoms with Crippen molar-refractivity contribution >= 4 is 11.8 Å². The van der Waals surface area contributed by atoms with E-state index in [0.29, 0.717) is 13.1 Å². The van der Waals surface area contributed by atoms with Gasteiger partial charge >= 0.3 is 6.09 Å². The lowest BCUT2D eigenvalue weighted by Gasteiger charge is -2.24. The normalized spacial score (nSPS) is 14.4. The number of ether oxygens (including phenoxy) is 1. The predicted octanol–water partition coefficient (Wildman–Crippen LogP) is 2.05. The molecule has 0 saturated carbocycles. The number of fused-ring (bicyclic) bond motifs is 1. The van der Waals surface area contributed by atoms with Crippen molar-refractivity contribution < 1.29 is 9.53 Å². The van der Waals surface area contributed by atoms with Crippen LogP contribution in [0.3, 0.4) is 0 Å². The molecule has 4 N–H and O–H groups in total. The maximum absolute atomic E-state index is 12.2. The molecule has 1 heterocycles. The van der Waals surface area contributed by atoms with Gasteiger partial charge in [0.2, 0.25) is 0 Å². The number of amides is 1. The van der Waals surface area contributed by atoms with E-state index in [-0.39, 0.29) is 6.09 Å². The van der Waals surface area contributed by atoms with Gasteiger partial charge in [-0.3, -0.25) is 9.91 Å². The van der Waals surface area contributed by atoms with Gasteiger partial charge in [0.25, 0.3) is 0 Å². The van der Waals surface area contributed by atoms with E-state index in [2.05, 4.69) is 0 Å². The number of rotatable bonds is 2. The van der Waals surface area contributed by atoms with E-state index in [0.717, 1.165) is 16.8 Å². The summed E-state index contributed by atoms with van der Waals surface area (Å²) < 4.78 is 5.41. The van der Waals surface area contributed by atoms with Crippen molar-refractivity contribution in [1.29, 1.82) is 0 Å². The minimum atomic E-state index is -0.503. The van der Waals surface area contributed by atoms with Gasteiger partial charge in [0, 0.05) is 24.5 Å². The summed E-state index contributed by atoms with van der Waals surface area (Å²) in [5, 5.41) is 1.46. The third-order valence-corrected chi connectivity index (χ3v) is 3.14. The molecule has 0 fully saturated rings. The number of nitrogens with two attached hydrogens (primary N) is 2. The number of anilines is 1. The van der Waals surface area contributed by atoms with Gasteiger partial charge in [-0.05, 0) is 32.4 Å². The van der Waals surface area contributed by atoms with E-state index in [9.17, 15) is 4.79 Å². The molecule has 0 aliphatic carbocycles. The van der Waals surface area contributed by atoms with E-state index in [1.165, 1.54) is 11.2 Å². The second-order valence-corrected chi connectivity index (χ2v) is 6.00. The fourth-order valence-electron chi connectivity index (χ4n) is 2.27. The van der Waals surface area contributed by atoms with Gasteiger partial charge in [0.1, 0.15) is 5.60 Å². The molecular formula is C15H22N4O2. The monoisotopic (exact) mass is 290 g/mol. The summed E-state index contributed by atoms with van der Waals surface area (Å²) >= 11 is 0.